The molecular formula is C13H15BrN2O5. The number of hydrogen-bond acceptors (Lipinski definition) is 5. The fourth-order valence-corrected chi connectivity index (χ4v) is 2.61. The Balaban J connectivity index is 2.30. The molecule has 1 saturated heterocycles. The van der Waals surface area contributed by atoms with Crippen LogP contribution in [0.2, 0.25) is 0 Å². The summed E-state index contributed by atoms with van der Waals surface area (Å²) in [6.45, 7) is 1.34. The molecular weight excluding hydrogens is 344 g/mol. The van der Waals surface area contributed by atoms with Gasteiger partial charge in [-0.15, -0.1) is 0 Å². The van der Waals surface area contributed by atoms with Gasteiger partial charge in [-0.3, -0.25) is 14.9 Å². The van der Waals surface area contributed by atoms with Crippen LogP contribution in [0.15, 0.2) is 18.2 Å². The van der Waals surface area contributed by atoms with Gasteiger partial charge in [-0.05, 0) is 6.07 Å². The molecule has 0 bridgehead atoms. The molecule has 1 aromatic carbocycles. The van der Waals surface area contributed by atoms with Crippen molar-refractivity contribution >= 4 is 27.5 Å². The summed E-state index contributed by atoms with van der Waals surface area (Å²) in [5.41, 5.74) is -0.0180. The number of rotatable bonds is 4. The van der Waals surface area contributed by atoms with Crippen molar-refractivity contribution in [2.45, 2.75) is 6.10 Å². The van der Waals surface area contributed by atoms with Gasteiger partial charge in [-0.25, -0.2) is 0 Å². The van der Waals surface area contributed by atoms with Crippen LogP contribution in [-0.2, 0) is 4.74 Å². The molecule has 1 amide bonds. The van der Waals surface area contributed by atoms with Gasteiger partial charge in [-0.1, -0.05) is 22.0 Å². The zero-order valence-electron chi connectivity index (χ0n) is 11.5. The predicted octanol–water partition coefficient (Wildman–Crippen LogP) is 1.84. The van der Waals surface area contributed by atoms with Crippen molar-refractivity contribution in [2.75, 3.05) is 32.1 Å². The SMILES string of the molecule is COc1c(C(=O)N2CCOC(CBr)C2)cccc1[N+](=O)[O-]. The number of ether oxygens (including phenoxy) is 2. The lowest BCUT2D eigenvalue weighted by atomic mass is 10.1. The third-order valence-electron chi connectivity index (χ3n) is 3.22. The van der Waals surface area contributed by atoms with Crippen molar-refractivity contribution in [2.24, 2.45) is 0 Å². The second-order valence-electron chi connectivity index (χ2n) is 4.51. The minimum atomic E-state index is -0.559. The van der Waals surface area contributed by atoms with Crippen LogP contribution in [0.1, 0.15) is 10.4 Å². The van der Waals surface area contributed by atoms with E-state index in [-0.39, 0.29) is 29.0 Å². The van der Waals surface area contributed by atoms with E-state index in [0.29, 0.717) is 25.0 Å². The maximum absolute atomic E-state index is 12.6. The predicted molar refractivity (Wildman–Crippen MR) is 79.1 cm³/mol. The standard InChI is InChI=1S/C13H15BrN2O5/c1-20-12-10(3-2-4-11(12)16(18)19)13(17)15-5-6-21-9(7-14)8-15/h2-4,9H,5-8H2,1H3. The summed E-state index contributed by atoms with van der Waals surface area (Å²) in [4.78, 5) is 24.6. The van der Waals surface area contributed by atoms with Crippen molar-refractivity contribution in [3.8, 4) is 5.75 Å². The van der Waals surface area contributed by atoms with E-state index in [4.69, 9.17) is 9.47 Å². The smallest absolute Gasteiger partial charge is 0.311 e. The number of carbonyl (C=O) groups is 1. The van der Waals surface area contributed by atoms with E-state index in [9.17, 15) is 14.9 Å². The Bertz CT molecular complexity index is 551. The molecule has 1 heterocycles. The quantitative estimate of drug-likeness (QED) is 0.466. The van der Waals surface area contributed by atoms with E-state index >= 15 is 0 Å². The Morgan fingerprint density at radius 1 is 1.62 bits per heavy atom. The number of morpholine rings is 1. The van der Waals surface area contributed by atoms with Gasteiger partial charge in [0.05, 0.1) is 30.3 Å². The number of benzene rings is 1. The van der Waals surface area contributed by atoms with E-state index in [1.54, 1.807) is 4.90 Å². The fraction of sp³-hybridized carbons (Fsp3) is 0.462. The van der Waals surface area contributed by atoms with Crippen LogP contribution >= 0.6 is 15.9 Å². The van der Waals surface area contributed by atoms with Crippen LogP contribution in [0.5, 0.6) is 5.75 Å². The van der Waals surface area contributed by atoms with Crippen molar-refractivity contribution in [1.82, 2.24) is 4.90 Å². The molecule has 8 heteroatoms. The first kappa shape index (κ1) is 15.7. The highest BCUT2D eigenvalue weighted by molar-refractivity contribution is 9.09. The summed E-state index contributed by atoms with van der Waals surface area (Å²) in [6.07, 6.45) is -0.0765. The monoisotopic (exact) mass is 358 g/mol. The second kappa shape index (κ2) is 6.86. The first-order valence-electron chi connectivity index (χ1n) is 6.36. The van der Waals surface area contributed by atoms with Crippen LogP contribution in [0.25, 0.3) is 0 Å². The molecule has 1 fully saturated rings. The van der Waals surface area contributed by atoms with Crippen LogP contribution < -0.4 is 4.74 Å². The molecule has 0 aliphatic carbocycles. The zero-order valence-corrected chi connectivity index (χ0v) is 13.0. The third-order valence-corrected chi connectivity index (χ3v) is 3.95. The Morgan fingerprint density at radius 3 is 3.00 bits per heavy atom. The van der Waals surface area contributed by atoms with E-state index in [1.165, 1.54) is 25.3 Å². The number of methoxy groups -OCH3 is 1. The first-order chi connectivity index (χ1) is 10.1. The lowest BCUT2D eigenvalue weighted by Gasteiger charge is -2.32. The molecule has 21 heavy (non-hydrogen) atoms. The maximum Gasteiger partial charge on any atom is 0.311 e. The van der Waals surface area contributed by atoms with Crippen molar-refractivity contribution in [3.63, 3.8) is 0 Å². The van der Waals surface area contributed by atoms with Gasteiger partial charge in [0, 0.05) is 24.5 Å². The molecule has 0 radical (unpaired) electrons. The summed E-state index contributed by atoms with van der Waals surface area (Å²) in [5.74, 6) is -0.292. The van der Waals surface area contributed by atoms with Gasteiger partial charge in [-0.2, -0.15) is 0 Å². The van der Waals surface area contributed by atoms with E-state index in [1.807, 2.05) is 0 Å². The van der Waals surface area contributed by atoms with Crippen molar-refractivity contribution < 1.29 is 19.2 Å². The Hall–Kier alpha value is -1.67. The number of hydrogen-bond donors (Lipinski definition) is 0. The van der Waals surface area contributed by atoms with Crippen LogP contribution in [0.4, 0.5) is 5.69 Å². The second-order valence-corrected chi connectivity index (χ2v) is 5.16. The first-order valence-corrected chi connectivity index (χ1v) is 7.48. The van der Waals surface area contributed by atoms with Crippen LogP contribution in [-0.4, -0.2) is 54.0 Å². The molecule has 114 valence electrons. The molecule has 0 spiro atoms. The molecule has 1 aliphatic heterocycles. The zero-order chi connectivity index (χ0) is 15.4. The highest BCUT2D eigenvalue weighted by Crippen LogP contribution is 2.31. The molecule has 0 N–H and O–H groups in total. The Kier molecular flexibility index (Phi) is 5.13. The van der Waals surface area contributed by atoms with Gasteiger partial charge in [0.15, 0.2) is 0 Å². The highest BCUT2D eigenvalue weighted by atomic mass is 79.9. The number of nitro groups is 1. The molecule has 2 rings (SSSR count). The fourth-order valence-electron chi connectivity index (χ4n) is 2.22. The average Bonchev–Trinajstić information content (AvgIpc) is 2.53. The molecule has 1 aromatic rings. The molecule has 1 atom stereocenters. The van der Waals surface area contributed by atoms with Crippen molar-refractivity contribution in [3.05, 3.63) is 33.9 Å². The summed E-state index contributed by atoms with van der Waals surface area (Å²) in [7, 11) is 1.32. The highest BCUT2D eigenvalue weighted by Gasteiger charge is 2.29. The molecule has 0 aromatic heterocycles. The number of para-hydroxylation sites is 1. The number of nitro benzene ring substituents is 1. The van der Waals surface area contributed by atoms with E-state index in [0.717, 1.165) is 0 Å². The van der Waals surface area contributed by atoms with Crippen LogP contribution in [0.3, 0.4) is 0 Å². The Labute approximate surface area is 130 Å². The molecule has 0 saturated carbocycles. The van der Waals surface area contributed by atoms with Gasteiger partial charge < -0.3 is 14.4 Å². The Morgan fingerprint density at radius 2 is 2.38 bits per heavy atom. The topological polar surface area (TPSA) is 81.9 Å². The number of amides is 1. The lowest BCUT2D eigenvalue weighted by Crippen LogP contribution is -2.46. The number of carbonyl (C=O) groups excluding carboxylic acids is 1. The van der Waals surface area contributed by atoms with Gasteiger partial charge in [0.25, 0.3) is 5.91 Å². The summed E-state index contributed by atoms with van der Waals surface area (Å²) in [5, 5.41) is 11.6. The molecule has 1 aliphatic rings. The summed E-state index contributed by atoms with van der Waals surface area (Å²) >= 11 is 3.33. The van der Waals surface area contributed by atoms with Crippen LogP contribution in [0, 0.1) is 10.1 Å². The number of halogens is 1. The largest absolute Gasteiger partial charge is 0.490 e. The number of nitrogens with zero attached hydrogens (tertiary/aromatic N) is 2. The normalized spacial score (nSPS) is 18.4. The summed E-state index contributed by atoms with van der Waals surface area (Å²) < 4.78 is 10.6. The lowest BCUT2D eigenvalue weighted by molar-refractivity contribution is -0.385. The number of alkyl halides is 1. The third kappa shape index (κ3) is 3.33. The minimum absolute atomic E-state index is 0.00520. The minimum Gasteiger partial charge on any atom is -0.490 e. The van der Waals surface area contributed by atoms with E-state index in [2.05, 4.69) is 15.9 Å². The van der Waals surface area contributed by atoms with Gasteiger partial charge in [0.1, 0.15) is 0 Å². The molecule has 7 nitrogen and oxygen atoms in total. The summed E-state index contributed by atoms with van der Waals surface area (Å²) in [6, 6.07) is 4.33. The van der Waals surface area contributed by atoms with Gasteiger partial charge >= 0.3 is 5.69 Å². The average molecular weight is 359 g/mol. The molecule has 1 unspecified atom stereocenters. The van der Waals surface area contributed by atoms with E-state index < -0.39 is 4.92 Å². The van der Waals surface area contributed by atoms with Crippen molar-refractivity contribution in [1.29, 1.82) is 0 Å². The van der Waals surface area contributed by atoms with Gasteiger partial charge in [0.2, 0.25) is 5.75 Å². The maximum atomic E-state index is 12.6.